The lowest BCUT2D eigenvalue weighted by Crippen LogP contribution is -2.07. The molecule has 2 nitrogen and oxygen atoms in total. The van der Waals surface area contributed by atoms with Gasteiger partial charge in [-0.25, -0.2) is 0 Å². The van der Waals surface area contributed by atoms with Crippen LogP contribution in [0.3, 0.4) is 0 Å². The fraction of sp³-hybridized carbons (Fsp3) is 0.429. The normalized spacial score (nSPS) is 29.5. The number of fused-ring (bicyclic) bond motifs is 1. The molecule has 0 radical (unpaired) electrons. The van der Waals surface area contributed by atoms with Crippen molar-refractivity contribution >= 4 is 7.12 Å². The maximum absolute atomic E-state index is 9.07. The SMILES string of the molecule is OB1CC2CC=CC=C2O1. The molecule has 0 aromatic carbocycles. The summed E-state index contributed by atoms with van der Waals surface area (Å²) >= 11 is 0. The van der Waals surface area contributed by atoms with Gasteiger partial charge >= 0.3 is 7.12 Å². The molecule has 1 aliphatic heterocycles. The van der Waals surface area contributed by atoms with E-state index in [1.807, 2.05) is 12.2 Å². The summed E-state index contributed by atoms with van der Waals surface area (Å²) in [5.74, 6) is 1.40. The molecule has 1 aliphatic carbocycles. The predicted molar refractivity (Wildman–Crippen MR) is 39.2 cm³/mol. The summed E-state index contributed by atoms with van der Waals surface area (Å²) in [6.45, 7) is 0. The molecule has 1 fully saturated rings. The second-order valence-corrected chi connectivity index (χ2v) is 2.74. The summed E-state index contributed by atoms with van der Waals surface area (Å²) in [7, 11) is -0.559. The van der Waals surface area contributed by atoms with Crippen molar-refractivity contribution in [2.24, 2.45) is 5.92 Å². The summed E-state index contributed by atoms with van der Waals surface area (Å²) < 4.78 is 5.13. The minimum absolute atomic E-state index is 0.444. The van der Waals surface area contributed by atoms with Gasteiger partial charge in [-0.15, -0.1) is 0 Å². The van der Waals surface area contributed by atoms with Gasteiger partial charge in [-0.1, -0.05) is 12.2 Å². The fourth-order valence-corrected chi connectivity index (χ4v) is 1.45. The van der Waals surface area contributed by atoms with Gasteiger partial charge in [0.1, 0.15) is 0 Å². The van der Waals surface area contributed by atoms with Crippen LogP contribution in [0.1, 0.15) is 6.42 Å². The Kier molecular flexibility index (Phi) is 1.31. The van der Waals surface area contributed by atoms with Gasteiger partial charge in [0.25, 0.3) is 0 Å². The maximum Gasteiger partial charge on any atom is 0.523 e. The minimum Gasteiger partial charge on any atom is -0.539 e. The molecule has 1 unspecified atom stereocenters. The van der Waals surface area contributed by atoms with Crippen LogP contribution in [0.15, 0.2) is 24.0 Å². The molecular formula is C7H9BO2. The van der Waals surface area contributed by atoms with E-state index < -0.39 is 7.12 Å². The zero-order valence-corrected chi connectivity index (χ0v) is 5.66. The Bertz CT molecular complexity index is 198. The molecule has 0 spiro atoms. The highest BCUT2D eigenvalue weighted by Gasteiger charge is 2.34. The van der Waals surface area contributed by atoms with E-state index in [4.69, 9.17) is 9.68 Å². The third-order valence-electron chi connectivity index (χ3n) is 1.98. The lowest BCUT2D eigenvalue weighted by atomic mass is 9.80. The molecule has 3 heteroatoms. The lowest BCUT2D eigenvalue weighted by Gasteiger charge is -2.09. The molecule has 0 bridgehead atoms. The first-order valence-electron chi connectivity index (χ1n) is 3.58. The third kappa shape index (κ3) is 0.867. The van der Waals surface area contributed by atoms with Crippen molar-refractivity contribution in [3.8, 4) is 0 Å². The summed E-state index contributed by atoms with van der Waals surface area (Å²) in [5.41, 5.74) is 0. The average Bonchev–Trinajstić information content (AvgIpc) is 2.27. The molecule has 10 heavy (non-hydrogen) atoms. The first-order valence-corrected chi connectivity index (χ1v) is 3.58. The van der Waals surface area contributed by atoms with Gasteiger partial charge in [-0.05, 0) is 12.5 Å². The highest BCUT2D eigenvalue weighted by molar-refractivity contribution is 6.44. The minimum atomic E-state index is -0.559. The van der Waals surface area contributed by atoms with Crippen LogP contribution in [0.25, 0.3) is 0 Å². The van der Waals surface area contributed by atoms with E-state index in [0.29, 0.717) is 5.92 Å². The molecule has 2 rings (SSSR count). The Balaban J connectivity index is 2.18. The molecule has 2 aliphatic rings. The highest BCUT2D eigenvalue weighted by Crippen LogP contribution is 2.32. The summed E-state index contributed by atoms with van der Waals surface area (Å²) in [5, 5.41) is 9.07. The van der Waals surface area contributed by atoms with E-state index in [2.05, 4.69) is 6.08 Å². The Morgan fingerprint density at radius 1 is 1.70 bits per heavy atom. The Hall–Kier alpha value is -0.695. The van der Waals surface area contributed by atoms with Crippen LogP contribution in [-0.4, -0.2) is 12.1 Å². The maximum atomic E-state index is 9.07. The van der Waals surface area contributed by atoms with Crippen molar-refractivity contribution in [1.82, 2.24) is 0 Å². The van der Waals surface area contributed by atoms with Gasteiger partial charge in [-0.2, -0.15) is 0 Å². The van der Waals surface area contributed by atoms with Gasteiger partial charge in [0, 0.05) is 12.2 Å². The van der Waals surface area contributed by atoms with Crippen LogP contribution in [0, 0.1) is 5.92 Å². The smallest absolute Gasteiger partial charge is 0.523 e. The summed E-state index contributed by atoms with van der Waals surface area (Å²) in [4.78, 5) is 0. The fourth-order valence-electron chi connectivity index (χ4n) is 1.45. The van der Waals surface area contributed by atoms with Crippen LogP contribution in [0.4, 0.5) is 0 Å². The summed E-state index contributed by atoms with van der Waals surface area (Å²) in [6, 6.07) is 0. The molecule has 0 aromatic heterocycles. The van der Waals surface area contributed by atoms with E-state index in [-0.39, 0.29) is 0 Å². The topological polar surface area (TPSA) is 29.5 Å². The Labute approximate surface area is 60.3 Å². The first kappa shape index (κ1) is 6.04. The molecule has 1 saturated heterocycles. The van der Waals surface area contributed by atoms with E-state index in [1.54, 1.807) is 0 Å². The van der Waals surface area contributed by atoms with Crippen molar-refractivity contribution in [1.29, 1.82) is 0 Å². The largest absolute Gasteiger partial charge is 0.539 e. The molecule has 0 saturated carbocycles. The molecular weight excluding hydrogens is 127 g/mol. The Morgan fingerprint density at radius 3 is 3.40 bits per heavy atom. The van der Waals surface area contributed by atoms with Gasteiger partial charge < -0.3 is 9.68 Å². The number of hydrogen-bond donors (Lipinski definition) is 1. The standard InChI is InChI=1S/C7H9BO2/c9-8-5-6-3-1-2-4-7(6)10-8/h1-2,4,6,9H,3,5H2. The van der Waals surface area contributed by atoms with Gasteiger partial charge in [-0.3, -0.25) is 0 Å². The van der Waals surface area contributed by atoms with E-state index >= 15 is 0 Å². The second-order valence-electron chi connectivity index (χ2n) is 2.74. The second kappa shape index (κ2) is 2.17. The van der Waals surface area contributed by atoms with Crippen molar-refractivity contribution in [3.63, 3.8) is 0 Å². The van der Waals surface area contributed by atoms with Crippen LogP contribution in [0.2, 0.25) is 6.32 Å². The van der Waals surface area contributed by atoms with Crippen molar-refractivity contribution in [2.45, 2.75) is 12.7 Å². The quantitative estimate of drug-likeness (QED) is 0.502. The lowest BCUT2D eigenvalue weighted by molar-refractivity contribution is 0.351. The molecule has 1 heterocycles. The number of rotatable bonds is 0. The predicted octanol–water partition coefficient (Wildman–Crippen LogP) is 0.957. The molecule has 52 valence electrons. The van der Waals surface area contributed by atoms with E-state index in [1.165, 1.54) is 0 Å². The zero-order valence-electron chi connectivity index (χ0n) is 5.66. The Morgan fingerprint density at radius 2 is 2.60 bits per heavy atom. The summed E-state index contributed by atoms with van der Waals surface area (Å²) in [6.07, 6.45) is 7.79. The van der Waals surface area contributed by atoms with Crippen molar-refractivity contribution in [2.75, 3.05) is 0 Å². The van der Waals surface area contributed by atoms with Crippen LogP contribution < -0.4 is 0 Å². The van der Waals surface area contributed by atoms with Gasteiger partial charge in [0.2, 0.25) is 0 Å². The van der Waals surface area contributed by atoms with Gasteiger partial charge in [0.15, 0.2) is 0 Å². The molecule has 0 aromatic rings. The number of allylic oxidation sites excluding steroid dienone is 4. The van der Waals surface area contributed by atoms with Crippen LogP contribution in [0.5, 0.6) is 0 Å². The third-order valence-corrected chi connectivity index (χ3v) is 1.98. The van der Waals surface area contributed by atoms with E-state index in [0.717, 1.165) is 18.5 Å². The average molecular weight is 136 g/mol. The number of hydrogen-bond acceptors (Lipinski definition) is 2. The molecule has 1 atom stereocenters. The van der Waals surface area contributed by atoms with Crippen molar-refractivity contribution < 1.29 is 9.68 Å². The van der Waals surface area contributed by atoms with Crippen molar-refractivity contribution in [3.05, 3.63) is 24.0 Å². The zero-order chi connectivity index (χ0) is 6.97. The monoisotopic (exact) mass is 136 g/mol. The van der Waals surface area contributed by atoms with E-state index in [9.17, 15) is 0 Å². The van der Waals surface area contributed by atoms with Crippen LogP contribution >= 0.6 is 0 Å². The van der Waals surface area contributed by atoms with Crippen LogP contribution in [-0.2, 0) is 4.65 Å². The highest BCUT2D eigenvalue weighted by atomic mass is 16.5. The first-order chi connectivity index (χ1) is 4.86. The molecule has 0 amide bonds. The van der Waals surface area contributed by atoms with Gasteiger partial charge in [0.05, 0.1) is 5.76 Å². The molecule has 1 N–H and O–H groups in total.